The van der Waals surface area contributed by atoms with Crippen molar-refractivity contribution >= 4 is 22.7 Å². The zero-order chi connectivity index (χ0) is 17.7. The van der Waals surface area contributed by atoms with E-state index in [2.05, 4.69) is 6.92 Å². The summed E-state index contributed by atoms with van der Waals surface area (Å²) in [6, 6.07) is 7.33. The van der Waals surface area contributed by atoms with Crippen molar-refractivity contribution in [2.24, 2.45) is 0 Å². The number of hydrogen-bond acceptors (Lipinski definition) is 2. The molecule has 4 heteroatoms. The predicted octanol–water partition coefficient (Wildman–Crippen LogP) is 4.92. The molecule has 128 valence electrons. The zero-order valence-electron chi connectivity index (χ0n) is 14.3. The summed E-state index contributed by atoms with van der Waals surface area (Å²) in [7, 11) is 0. The van der Waals surface area contributed by atoms with Crippen LogP contribution in [0.1, 0.15) is 71.4 Å². The number of carbonyl (C=O) groups is 2. The fraction of sp³-hybridized carbons (Fsp3) is 0.400. The Morgan fingerprint density at radius 1 is 0.917 bits per heavy atom. The molecule has 0 fully saturated rings. The number of rotatable bonds is 8. The fourth-order valence-electron chi connectivity index (χ4n) is 3.08. The Kier molecular flexibility index (Phi) is 5.96. The van der Waals surface area contributed by atoms with Crippen LogP contribution in [0.3, 0.4) is 0 Å². The van der Waals surface area contributed by atoms with Crippen molar-refractivity contribution in [3.63, 3.8) is 0 Å². The monoisotopic (exact) mass is 328 g/mol. The Labute approximate surface area is 142 Å². The van der Waals surface area contributed by atoms with Crippen molar-refractivity contribution in [1.82, 2.24) is 0 Å². The van der Waals surface area contributed by atoms with E-state index in [0.717, 1.165) is 37.7 Å². The van der Waals surface area contributed by atoms with E-state index in [-0.39, 0.29) is 11.1 Å². The van der Waals surface area contributed by atoms with E-state index < -0.39 is 11.9 Å². The van der Waals surface area contributed by atoms with Gasteiger partial charge in [0.05, 0.1) is 11.1 Å². The minimum Gasteiger partial charge on any atom is -0.478 e. The SMILES string of the molecule is CCCCc1ccc2c(C(=O)O)c(CCCC)c(C(=O)O)cc2c1. The maximum atomic E-state index is 11.8. The minimum absolute atomic E-state index is 0.112. The molecular formula is C20H24O4. The first-order valence-electron chi connectivity index (χ1n) is 8.54. The van der Waals surface area contributed by atoms with E-state index in [9.17, 15) is 19.8 Å². The Morgan fingerprint density at radius 2 is 1.58 bits per heavy atom. The van der Waals surface area contributed by atoms with Crippen molar-refractivity contribution < 1.29 is 19.8 Å². The molecule has 0 aliphatic carbocycles. The molecule has 0 amide bonds. The molecule has 0 saturated heterocycles. The Morgan fingerprint density at radius 3 is 2.17 bits per heavy atom. The maximum absolute atomic E-state index is 11.8. The molecule has 0 spiro atoms. The average molecular weight is 328 g/mol. The van der Waals surface area contributed by atoms with Gasteiger partial charge in [-0.3, -0.25) is 0 Å². The molecule has 0 radical (unpaired) electrons. The van der Waals surface area contributed by atoms with Crippen LogP contribution < -0.4 is 0 Å². The molecule has 0 atom stereocenters. The molecule has 2 rings (SSSR count). The van der Waals surface area contributed by atoms with Crippen LogP contribution in [0.5, 0.6) is 0 Å². The number of aryl methyl sites for hydroxylation is 1. The first kappa shape index (κ1) is 18.0. The molecule has 2 N–H and O–H groups in total. The van der Waals surface area contributed by atoms with Crippen LogP contribution in [0, 0.1) is 0 Å². The first-order valence-corrected chi connectivity index (χ1v) is 8.54. The van der Waals surface area contributed by atoms with Crippen molar-refractivity contribution in [2.75, 3.05) is 0 Å². The van der Waals surface area contributed by atoms with E-state index in [1.54, 1.807) is 6.07 Å². The van der Waals surface area contributed by atoms with Gasteiger partial charge in [0, 0.05) is 0 Å². The highest BCUT2D eigenvalue weighted by molar-refractivity contribution is 6.09. The van der Waals surface area contributed by atoms with Crippen LogP contribution in [-0.2, 0) is 12.8 Å². The number of hydrogen-bond donors (Lipinski definition) is 2. The second-order valence-corrected chi connectivity index (χ2v) is 6.15. The van der Waals surface area contributed by atoms with Crippen LogP contribution in [0.15, 0.2) is 24.3 Å². The van der Waals surface area contributed by atoms with Gasteiger partial charge in [-0.25, -0.2) is 9.59 Å². The third-order valence-electron chi connectivity index (χ3n) is 4.36. The smallest absolute Gasteiger partial charge is 0.336 e. The van der Waals surface area contributed by atoms with Gasteiger partial charge in [-0.1, -0.05) is 44.9 Å². The summed E-state index contributed by atoms with van der Waals surface area (Å²) in [6.07, 6.45) is 5.15. The van der Waals surface area contributed by atoms with Crippen molar-refractivity contribution in [3.8, 4) is 0 Å². The van der Waals surface area contributed by atoms with Gasteiger partial charge in [0.15, 0.2) is 0 Å². The molecular weight excluding hydrogens is 304 g/mol. The second kappa shape index (κ2) is 7.95. The van der Waals surface area contributed by atoms with E-state index >= 15 is 0 Å². The Hall–Kier alpha value is -2.36. The Bertz CT molecular complexity index is 762. The number of benzene rings is 2. The van der Waals surface area contributed by atoms with Crippen LogP contribution >= 0.6 is 0 Å². The number of unbranched alkanes of at least 4 members (excludes halogenated alkanes) is 2. The molecule has 2 aromatic rings. The fourth-order valence-corrected chi connectivity index (χ4v) is 3.08. The number of fused-ring (bicyclic) bond motifs is 1. The second-order valence-electron chi connectivity index (χ2n) is 6.15. The molecule has 24 heavy (non-hydrogen) atoms. The van der Waals surface area contributed by atoms with Gasteiger partial charge in [-0.05, 0) is 53.6 Å². The lowest BCUT2D eigenvalue weighted by molar-refractivity contribution is 0.0695. The third-order valence-corrected chi connectivity index (χ3v) is 4.36. The standard InChI is InChI=1S/C20H24O4/c1-3-5-7-13-9-10-15-14(11-13)12-17(19(21)22)16(8-6-4-2)18(15)20(23)24/h9-12H,3-8H2,1-2H3,(H,21,22)(H,23,24). The van der Waals surface area contributed by atoms with Gasteiger partial charge in [-0.2, -0.15) is 0 Å². The lowest BCUT2D eigenvalue weighted by atomic mass is 9.90. The van der Waals surface area contributed by atoms with Crippen LogP contribution in [0.25, 0.3) is 10.8 Å². The van der Waals surface area contributed by atoms with Crippen LogP contribution in [0.2, 0.25) is 0 Å². The van der Waals surface area contributed by atoms with E-state index in [0.29, 0.717) is 22.8 Å². The average Bonchev–Trinajstić information content (AvgIpc) is 2.56. The van der Waals surface area contributed by atoms with E-state index in [4.69, 9.17) is 0 Å². The molecule has 0 aromatic heterocycles. The van der Waals surface area contributed by atoms with E-state index in [1.807, 2.05) is 25.1 Å². The summed E-state index contributed by atoms with van der Waals surface area (Å²) in [4.78, 5) is 23.5. The van der Waals surface area contributed by atoms with Crippen LogP contribution in [-0.4, -0.2) is 22.2 Å². The lowest BCUT2D eigenvalue weighted by Gasteiger charge is -2.14. The molecule has 0 heterocycles. The number of carboxylic acids is 2. The highest BCUT2D eigenvalue weighted by Gasteiger charge is 2.21. The molecule has 0 aliphatic heterocycles. The number of aromatic carboxylic acids is 2. The molecule has 2 aromatic carbocycles. The van der Waals surface area contributed by atoms with Crippen molar-refractivity contribution in [1.29, 1.82) is 0 Å². The largest absolute Gasteiger partial charge is 0.478 e. The van der Waals surface area contributed by atoms with Gasteiger partial charge < -0.3 is 10.2 Å². The lowest BCUT2D eigenvalue weighted by Crippen LogP contribution is -2.11. The van der Waals surface area contributed by atoms with Crippen molar-refractivity contribution in [3.05, 3.63) is 46.5 Å². The van der Waals surface area contributed by atoms with Crippen LogP contribution in [0.4, 0.5) is 0 Å². The zero-order valence-corrected chi connectivity index (χ0v) is 14.3. The van der Waals surface area contributed by atoms with Gasteiger partial charge in [0.25, 0.3) is 0 Å². The first-order chi connectivity index (χ1) is 11.5. The van der Waals surface area contributed by atoms with Crippen molar-refractivity contribution in [2.45, 2.75) is 52.4 Å². The van der Waals surface area contributed by atoms with Gasteiger partial charge in [0.1, 0.15) is 0 Å². The summed E-state index contributed by atoms with van der Waals surface area (Å²) in [5.74, 6) is -2.13. The van der Waals surface area contributed by atoms with E-state index in [1.165, 1.54) is 0 Å². The Balaban J connectivity index is 2.69. The summed E-state index contributed by atoms with van der Waals surface area (Å²) < 4.78 is 0. The maximum Gasteiger partial charge on any atom is 0.336 e. The molecule has 0 bridgehead atoms. The van der Waals surface area contributed by atoms with Gasteiger partial charge >= 0.3 is 11.9 Å². The molecule has 0 aliphatic rings. The summed E-state index contributed by atoms with van der Waals surface area (Å²) >= 11 is 0. The molecule has 4 nitrogen and oxygen atoms in total. The highest BCUT2D eigenvalue weighted by Crippen LogP contribution is 2.29. The highest BCUT2D eigenvalue weighted by atomic mass is 16.4. The third kappa shape index (κ3) is 3.75. The predicted molar refractivity (Wildman–Crippen MR) is 95.1 cm³/mol. The molecule has 0 saturated carbocycles. The van der Waals surface area contributed by atoms with Gasteiger partial charge in [-0.15, -0.1) is 0 Å². The molecule has 0 unspecified atom stereocenters. The summed E-state index contributed by atoms with van der Waals surface area (Å²) in [5, 5.41) is 20.6. The summed E-state index contributed by atoms with van der Waals surface area (Å²) in [6.45, 7) is 4.12. The van der Waals surface area contributed by atoms with Gasteiger partial charge in [0.2, 0.25) is 0 Å². The normalized spacial score (nSPS) is 10.9. The number of carboxylic acid groups (broad SMARTS) is 2. The summed E-state index contributed by atoms with van der Waals surface area (Å²) in [5.41, 5.74) is 1.80. The quantitative estimate of drug-likeness (QED) is 0.721. The topological polar surface area (TPSA) is 74.6 Å². The minimum atomic E-state index is -1.07.